The molecule has 0 atom stereocenters. The van der Waals surface area contributed by atoms with E-state index in [1.165, 1.54) is 27.8 Å². The smallest absolute Gasteiger partial charge is 0.509 e. The average Bonchev–Trinajstić information content (AvgIpc) is 3.72. The van der Waals surface area contributed by atoms with Crippen LogP contribution in [0, 0.1) is 42.7 Å². The number of benzene rings is 4. The number of ether oxygens (including phenoxy) is 1. The van der Waals surface area contributed by atoms with Gasteiger partial charge in [0.2, 0.25) is 0 Å². The van der Waals surface area contributed by atoms with E-state index in [1.807, 2.05) is 47.4 Å². The van der Waals surface area contributed by atoms with Gasteiger partial charge in [-0.3, -0.25) is 4.68 Å². The second-order valence-electron chi connectivity index (χ2n) is 16.7. The Balaban J connectivity index is 0.00000514. The standard InChI is InChI=1S/C49H54N4O.Pt/c1-31(2)21-36-26-37(22-32(3)4)49(45(24-34(7)8)44(36)23-33(5)6)38-29-51-52(30-38)39-13-12-14-40(27-39)54-41-17-18-43-42-15-10-11-16-46(42)53(47(43)28-41)48-25-35(9)19-20-50-48;/h10-20,25-26,29-34H,21-24H2,1-9H3;/q-2;+2. The Morgan fingerprint density at radius 2 is 1.36 bits per heavy atom. The Morgan fingerprint density at radius 1 is 0.673 bits per heavy atom. The molecule has 0 saturated heterocycles. The van der Waals surface area contributed by atoms with Gasteiger partial charge in [-0.25, -0.2) is 4.98 Å². The summed E-state index contributed by atoms with van der Waals surface area (Å²) in [4.78, 5) is 4.72. The summed E-state index contributed by atoms with van der Waals surface area (Å²) in [7, 11) is 0. The normalized spacial score (nSPS) is 11.8. The van der Waals surface area contributed by atoms with Crippen molar-refractivity contribution in [1.82, 2.24) is 19.3 Å². The van der Waals surface area contributed by atoms with Crippen LogP contribution in [0.25, 0.3) is 44.4 Å². The first-order valence-electron chi connectivity index (χ1n) is 19.8. The van der Waals surface area contributed by atoms with Gasteiger partial charge in [0.05, 0.1) is 6.20 Å². The fraction of sp³-hybridized carbons (Fsp3) is 0.347. The van der Waals surface area contributed by atoms with Crippen LogP contribution >= 0.6 is 0 Å². The van der Waals surface area contributed by atoms with Crippen LogP contribution in [0.2, 0.25) is 0 Å². The summed E-state index contributed by atoms with van der Waals surface area (Å²) >= 11 is 0. The number of aryl methyl sites for hydroxylation is 1. The minimum Gasteiger partial charge on any atom is -0.509 e. The number of fused-ring (bicyclic) bond motifs is 3. The van der Waals surface area contributed by atoms with E-state index >= 15 is 0 Å². The predicted octanol–water partition coefficient (Wildman–Crippen LogP) is 12.5. The van der Waals surface area contributed by atoms with Crippen molar-refractivity contribution in [3.05, 3.63) is 131 Å². The fourth-order valence-corrected chi connectivity index (χ4v) is 7.93. The maximum absolute atomic E-state index is 6.49. The van der Waals surface area contributed by atoms with E-state index in [0.29, 0.717) is 35.2 Å². The third kappa shape index (κ3) is 8.84. The summed E-state index contributed by atoms with van der Waals surface area (Å²) in [6.45, 7) is 20.8. The van der Waals surface area contributed by atoms with Gasteiger partial charge in [0.15, 0.2) is 0 Å². The Hall–Kier alpha value is -4.47. The summed E-state index contributed by atoms with van der Waals surface area (Å²) in [6.07, 6.45) is 10.4. The molecule has 6 heteroatoms. The number of hydrogen-bond acceptors (Lipinski definition) is 3. The fourth-order valence-electron chi connectivity index (χ4n) is 7.93. The zero-order chi connectivity index (χ0) is 38.1. The third-order valence-electron chi connectivity index (χ3n) is 9.98. The van der Waals surface area contributed by atoms with Gasteiger partial charge in [0, 0.05) is 35.0 Å². The van der Waals surface area contributed by atoms with Crippen molar-refractivity contribution in [3.63, 3.8) is 0 Å². The van der Waals surface area contributed by atoms with Crippen LogP contribution in [0.3, 0.4) is 0 Å². The van der Waals surface area contributed by atoms with Crippen molar-refractivity contribution in [2.75, 3.05) is 0 Å². The Labute approximate surface area is 342 Å². The monoisotopic (exact) mass is 909 g/mol. The zero-order valence-corrected chi connectivity index (χ0v) is 36.1. The van der Waals surface area contributed by atoms with Crippen molar-refractivity contribution in [3.8, 4) is 34.1 Å². The minimum absolute atomic E-state index is 0. The molecule has 3 heterocycles. The second kappa shape index (κ2) is 17.1. The van der Waals surface area contributed by atoms with E-state index in [2.05, 4.69) is 128 Å². The van der Waals surface area contributed by atoms with Gasteiger partial charge in [-0.15, -0.1) is 35.7 Å². The Bertz CT molecular complexity index is 2410. The van der Waals surface area contributed by atoms with E-state index < -0.39 is 0 Å². The topological polar surface area (TPSA) is 44.9 Å². The maximum Gasteiger partial charge on any atom is 2.00 e. The first-order chi connectivity index (χ1) is 25.9. The minimum atomic E-state index is 0. The van der Waals surface area contributed by atoms with Crippen molar-refractivity contribution in [1.29, 1.82) is 0 Å². The van der Waals surface area contributed by atoms with Gasteiger partial charge in [-0.05, 0) is 119 Å². The van der Waals surface area contributed by atoms with E-state index in [0.717, 1.165) is 64.6 Å². The van der Waals surface area contributed by atoms with Crippen LogP contribution in [-0.2, 0) is 46.7 Å². The van der Waals surface area contributed by atoms with Crippen LogP contribution in [0.5, 0.6) is 11.5 Å². The molecule has 0 N–H and O–H groups in total. The summed E-state index contributed by atoms with van der Waals surface area (Å²) in [6, 6.07) is 32.2. The van der Waals surface area contributed by atoms with E-state index in [4.69, 9.17) is 14.8 Å². The van der Waals surface area contributed by atoms with E-state index in [1.54, 1.807) is 5.56 Å². The Morgan fingerprint density at radius 3 is 2.09 bits per heavy atom. The molecule has 286 valence electrons. The second-order valence-corrected chi connectivity index (χ2v) is 16.7. The molecule has 0 spiro atoms. The maximum atomic E-state index is 6.49. The number of nitrogens with zero attached hydrogens (tertiary/aromatic N) is 4. The zero-order valence-electron chi connectivity index (χ0n) is 33.8. The molecule has 0 amide bonds. The van der Waals surface area contributed by atoms with Crippen LogP contribution in [0.15, 0.2) is 91.4 Å². The molecule has 0 fully saturated rings. The average molecular weight is 910 g/mol. The van der Waals surface area contributed by atoms with Gasteiger partial charge in [-0.1, -0.05) is 85.2 Å². The summed E-state index contributed by atoms with van der Waals surface area (Å²) < 4.78 is 10.6. The van der Waals surface area contributed by atoms with Crippen molar-refractivity contribution >= 4 is 21.8 Å². The number of pyridine rings is 1. The molecular formula is C49H54N4OPt. The number of rotatable bonds is 13. The molecule has 3 aromatic heterocycles. The van der Waals surface area contributed by atoms with Crippen molar-refractivity contribution < 1.29 is 25.8 Å². The van der Waals surface area contributed by atoms with Crippen LogP contribution in [0.1, 0.15) is 83.2 Å². The molecule has 0 bridgehead atoms. The van der Waals surface area contributed by atoms with Gasteiger partial charge in [0.25, 0.3) is 0 Å². The largest absolute Gasteiger partial charge is 2.00 e. The molecular weight excluding hydrogens is 856 g/mol. The molecule has 0 aliphatic carbocycles. The van der Waals surface area contributed by atoms with E-state index in [-0.39, 0.29) is 21.1 Å². The van der Waals surface area contributed by atoms with Gasteiger partial charge < -0.3 is 9.30 Å². The van der Waals surface area contributed by atoms with E-state index in [9.17, 15) is 0 Å². The molecule has 5 nitrogen and oxygen atoms in total. The van der Waals surface area contributed by atoms with Gasteiger partial charge in [0.1, 0.15) is 5.82 Å². The first-order valence-corrected chi connectivity index (χ1v) is 19.8. The molecule has 0 radical (unpaired) electrons. The quantitative estimate of drug-likeness (QED) is 0.108. The van der Waals surface area contributed by atoms with Crippen molar-refractivity contribution in [2.45, 2.75) is 88.0 Å². The van der Waals surface area contributed by atoms with Crippen LogP contribution in [0.4, 0.5) is 0 Å². The molecule has 55 heavy (non-hydrogen) atoms. The third-order valence-corrected chi connectivity index (χ3v) is 9.98. The molecule has 7 rings (SSSR count). The molecule has 0 aliphatic rings. The first kappa shape index (κ1) is 40.2. The Kier molecular flexibility index (Phi) is 12.5. The SMILES string of the molecule is Cc1ccnc(-n2c3[c-]c(Oc4[c-]c(-n5cc(-c6c(CC(C)C)cc(CC(C)C)c(CC(C)C)c6CC(C)C)cn5)ccc4)ccc3c3ccccc32)c1.[Pt+2]. The summed E-state index contributed by atoms with van der Waals surface area (Å²) in [5, 5.41) is 7.20. The van der Waals surface area contributed by atoms with Gasteiger partial charge >= 0.3 is 21.1 Å². The predicted molar refractivity (Wildman–Crippen MR) is 224 cm³/mol. The number of hydrogen-bond donors (Lipinski definition) is 0. The molecule has 7 aromatic rings. The van der Waals surface area contributed by atoms with Gasteiger partial charge in [-0.2, -0.15) is 17.2 Å². The van der Waals surface area contributed by atoms with Crippen molar-refractivity contribution in [2.24, 2.45) is 23.7 Å². The molecule has 0 aliphatic heterocycles. The molecule has 4 aromatic carbocycles. The summed E-state index contributed by atoms with van der Waals surface area (Å²) in [5.74, 6) is 4.34. The number of aromatic nitrogens is 4. The molecule has 0 unspecified atom stereocenters. The summed E-state index contributed by atoms with van der Waals surface area (Å²) in [5.41, 5.74) is 12.6. The van der Waals surface area contributed by atoms with Crippen LogP contribution < -0.4 is 4.74 Å². The van der Waals surface area contributed by atoms with Crippen LogP contribution in [-0.4, -0.2) is 19.3 Å². The molecule has 0 saturated carbocycles. The number of para-hydroxylation sites is 1.